The van der Waals surface area contributed by atoms with Gasteiger partial charge in [-0.3, -0.25) is 0 Å². The molecular formula is C12H20ClN3. The van der Waals surface area contributed by atoms with Crippen LogP contribution in [0, 0.1) is 5.92 Å². The summed E-state index contributed by atoms with van der Waals surface area (Å²) in [6.07, 6.45) is 2.75. The second kappa shape index (κ2) is 5.39. The molecule has 0 bridgehead atoms. The minimum atomic E-state index is 0.411. The zero-order valence-corrected chi connectivity index (χ0v) is 11.1. The second-order valence-corrected chi connectivity index (χ2v) is 5.07. The number of hydrogen-bond acceptors (Lipinski definition) is 3. The molecule has 4 heteroatoms. The van der Waals surface area contributed by atoms with Crippen LogP contribution in [-0.2, 0) is 0 Å². The van der Waals surface area contributed by atoms with Crippen molar-refractivity contribution in [2.45, 2.75) is 33.2 Å². The molecule has 0 fully saturated rings. The molecule has 1 unspecified atom stereocenters. The van der Waals surface area contributed by atoms with Gasteiger partial charge in [-0.05, 0) is 25.3 Å². The number of hydrogen-bond donors (Lipinski definition) is 1. The molecule has 0 saturated heterocycles. The van der Waals surface area contributed by atoms with E-state index in [1.54, 1.807) is 12.3 Å². The summed E-state index contributed by atoms with van der Waals surface area (Å²) in [5, 5.41) is 0.609. The fourth-order valence-corrected chi connectivity index (χ4v) is 2.06. The third kappa shape index (κ3) is 3.27. The summed E-state index contributed by atoms with van der Waals surface area (Å²) >= 11 is 6.12. The molecule has 0 radical (unpaired) electrons. The van der Waals surface area contributed by atoms with Gasteiger partial charge in [0, 0.05) is 13.1 Å². The topological polar surface area (TPSA) is 42.2 Å². The predicted octanol–water partition coefficient (Wildman–Crippen LogP) is 3.19. The molecule has 1 atom stereocenters. The third-order valence-corrected chi connectivity index (χ3v) is 2.93. The summed E-state index contributed by atoms with van der Waals surface area (Å²) in [6, 6.07) is 2.15. The quantitative estimate of drug-likeness (QED) is 0.881. The largest absolute Gasteiger partial charge is 0.397 e. The van der Waals surface area contributed by atoms with Gasteiger partial charge in [0.15, 0.2) is 0 Å². The van der Waals surface area contributed by atoms with Crippen LogP contribution in [0.3, 0.4) is 0 Å². The van der Waals surface area contributed by atoms with Crippen molar-refractivity contribution in [1.29, 1.82) is 0 Å². The molecule has 0 aliphatic carbocycles. The highest BCUT2D eigenvalue weighted by Gasteiger charge is 2.15. The molecule has 2 N–H and O–H groups in total. The lowest BCUT2D eigenvalue weighted by Gasteiger charge is -2.28. The van der Waals surface area contributed by atoms with E-state index in [1.807, 2.05) is 7.05 Å². The van der Waals surface area contributed by atoms with Crippen LogP contribution in [-0.4, -0.2) is 18.1 Å². The molecule has 1 aromatic rings. The van der Waals surface area contributed by atoms with Crippen LogP contribution in [0.2, 0.25) is 5.02 Å². The maximum Gasteiger partial charge on any atom is 0.147 e. The van der Waals surface area contributed by atoms with Gasteiger partial charge < -0.3 is 10.6 Å². The SMILES string of the molecule is CC(C)CC(C)N(C)c1ncc(N)cc1Cl. The van der Waals surface area contributed by atoms with Crippen LogP contribution in [0.4, 0.5) is 11.5 Å². The fraction of sp³-hybridized carbons (Fsp3) is 0.583. The fourth-order valence-electron chi connectivity index (χ4n) is 1.75. The first-order valence-corrected chi connectivity index (χ1v) is 5.93. The van der Waals surface area contributed by atoms with E-state index in [0.717, 1.165) is 12.2 Å². The predicted molar refractivity (Wildman–Crippen MR) is 71.0 cm³/mol. The number of nitrogen functional groups attached to an aromatic ring is 1. The van der Waals surface area contributed by atoms with Crippen molar-refractivity contribution in [3.63, 3.8) is 0 Å². The van der Waals surface area contributed by atoms with Crippen molar-refractivity contribution in [2.75, 3.05) is 17.7 Å². The minimum absolute atomic E-state index is 0.411. The van der Waals surface area contributed by atoms with Crippen molar-refractivity contribution in [1.82, 2.24) is 4.98 Å². The molecule has 3 nitrogen and oxygen atoms in total. The lowest BCUT2D eigenvalue weighted by molar-refractivity contribution is 0.502. The standard InChI is InChI=1S/C12H20ClN3/c1-8(2)5-9(3)16(4)12-11(13)6-10(14)7-15-12/h6-9H,5,14H2,1-4H3. The highest BCUT2D eigenvalue weighted by molar-refractivity contribution is 6.33. The van der Waals surface area contributed by atoms with Crippen molar-refractivity contribution in [3.8, 4) is 0 Å². The normalized spacial score (nSPS) is 12.9. The Morgan fingerprint density at radius 3 is 2.56 bits per heavy atom. The van der Waals surface area contributed by atoms with Crippen LogP contribution in [0.1, 0.15) is 27.2 Å². The van der Waals surface area contributed by atoms with E-state index in [2.05, 4.69) is 30.7 Å². The monoisotopic (exact) mass is 241 g/mol. The van der Waals surface area contributed by atoms with Crippen LogP contribution < -0.4 is 10.6 Å². The molecule has 16 heavy (non-hydrogen) atoms. The maximum atomic E-state index is 6.12. The average Bonchev–Trinajstić information content (AvgIpc) is 2.15. The smallest absolute Gasteiger partial charge is 0.147 e. The van der Waals surface area contributed by atoms with Crippen LogP contribution >= 0.6 is 11.6 Å². The lowest BCUT2D eigenvalue weighted by atomic mass is 10.0. The van der Waals surface area contributed by atoms with Crippen molar-refractivity contribution in [3.05, 3.63) is 17.3 Å². The number of aromatic nitrogens is 1. The Labute approximate surface area is 103 Å². The Morgan fingerprint density at radius 1 is 1.44 bits per heavy atom. The first-order valence-electron chi connectivity index (χ1n) is 5.55. The Morgan fingerprint density at radius 2 is 2.06 bits per heavy atom. The molecular weight excluding hydrogens is 222 g/mol. The molecule has 0 aromatic carbocycles. The van der Waals surface area contributed by atoms with Crippen molar-refractivity contribution in [2.24, 2.45) is 5.92 Å². The molecule has 0 saturated carbocycles. The maximum absolute atomic E-state index is 6.12. The molecule has 1 heterocycles. The molecule has 0 aliphatic rings. The van der Waals surface area contributed by atoms with Gasteiger partial charge in [0.05, 0.1) is 16.9 Å². The van der Waals surface area contributed by atoms with Crippen LogP contribution in [0.15, 0.2) is 12.3 Å². The summed E-state index contributed by atoms with van der Waals surface area (Å²) in [4.78, 5) is 6.37. The van der Waals surface area contributed by atoms with Gasteiger partial charge in [0.2, 0.25) is 0 Å². The van der Waals surface area contributed by atoms with Gasteiger partial charge in [-0.1, -0.05) is 25.4 Å². The molecule has 0 aliphatic heterocycles. The Hall–Kier alpha value is -0.960. The van der Waals surface area contributed by atoms with E-state index in [9.17, 15) is 0 Å². The first kappa shape index (κ1) is 13.1. The lowest BCUT2D eigenvalue weighted by Crippen LogP contribution is -2.31. The van der Waals surface area contributed by atoms with Gasteiger partial charge in [0.25, 0.3) is 0 Å². The summed E-state index contributed by atoms with van der Waals surface area (Å²) in [6.45, 7) is 6.60. The Kier molecular flexibility index (Phi) is 4.42. The summed E-state index contributed by atoms with van der Waals surface area (Å²) in [5.41, 5.74) is 6.22. The zero-order chi connectivity index (χ0) is 12.3. The third-order valence-electron chi connectivity index (χ3n) is 2.65. The molecule has 1 aromatic heterocycles. The number of anilines is 2. The van der Waals surface area contributed by atoms with Crippen LogP contribution in [0.5, 0.6) is 0 Å². The van der Waals surface area contributed by atoms with E-state index < -0.39 is 0 Å². The number of nitrogens with zero attached hydrogens (tertiary/aromatic N) is 2. The van der Waals surface area contributed by atoms with Crippen LogP contribution in [0.25, 0.3) is 0 Å². The van der Waals surface area contributed by atoms with Gasteiger partial charge >= 0.3 is 0 Å². The van der Waals surface area contributed by atoms with E-state index in [0.29, 0.717) is 22.7 Å². The summed E-state index contributed by atoms with van der Waals surface area (Å²) < 4.78 is 0. The number of halogens is 1. The Balaban J connectivity index is 2.83. The summed E-state index contributed by atoms with van der Waals surface area (Å²) in [7, 11) is 2.01. The highest BCUT2D eigenvalue weighted by atomic mass is 35.5. The molecule has 1 rings (SSSR count). The number of pyridine rings is 1. The molecule has 0 spiro atoms. The minimum Gasteiger partial charge on any atom is -0.397 e. The Bertz CT molecular complexity index is 352. The van der Waals surface area contributed by atoms with Gasteiger partial charge in [-0.25, -0.2) is 4.98 Å². The molecule has 0 amide bonds. The van der Waals surface area contributed by atoms with Gasteiger partial charge in [-0.15, -0.1) is 0 Å². The average molecular weight is 242 g/mol. The second-order valence-electron chi connectivity index (χ2n) is 4.66. The molecule has 90 valence electrons. The van der Waals surface area contributed by atoms with E-state index >= 15 is 0 Å². The van der Waals surface area contributed by atoms with Gasteiger partial charge in [-0.2, -0.15) is 0 Å². The van der Waals surface area contributed by atoms with Crippen molar-refractivity contribution >= 4 is 23.1 Å². The van der Waals surface area contributed by atoms with Crippen molar-refractivity contribution < 1.29 is 0 Å². The first-order chi connectivity index (χ1) is 7.41. The summed E-state index contributed by atoms with van der Waals surface area (Å²) in [5.74, 6) is 1.45. The number of nitrogens with two attached hydrogens (primary N) is 1. The highest BCUT2D eigenvalue weighted by Crippen LogP contribution is 2.26. The van der Waals surface area contributed by atoms with E-state index in [1.165, 1.54) is 0 Å². The van der Waals surface area contributed by atoms with E-state index in [4.69, 9.17) is 17.3 Å². The zero-order valence-electron chi connectivity index (χ0n) is 10.4. The van der Waals surface area contributed by atoms with Gasteiger partial charge in [0.1, 0.15) is 5.82 Å². The number of rotatable bonds is 4. The van der Waals surface area contributed by atoms with E-state index in [-0.39, 0.29) is 0 Å².